The Kier molecular flexibility index (Phi) is 6.20. The van der Waals surface area contributed by atoms with Gasteiger partial charge in [0.2, 0.25) is 5.91 Å². The van der Waals surface area contributed by atoms with Crippen LogP contribution in [0, 0.1) is 11.8 Å². The van der Waals surface area contributed by atoms with Crippen molar-refractivity contribution in [1.29, 1.82) is 0 Å². The molecule has 0 radical (unpaired) electrons. The lowest BCUT2D eigenvalue weighted by Gasteiger charge is -2.34. The standard InChI is InChI=1S/C23H30N4O2S/c1-4-21(28)27-8-7-17-10-18(5-6-20(17)27)22(29)25-23-24-19(14-30-23)13-26-11-15(2)9-16(3)12-26/h5-6,10,14-16H,4,7-9,11-13H2,1-3H3,(H,24,25,29). The Bertz CT molecular complexity index is 931. The molecule has 1 aromatic carbocycles. The van der Waals surface area contributed by atoms with E-state index in [4.69, 9.17) is 0 Å². The van der Waals surface area contributed by atoms with Gasteiger partial charge < -0.3 is 4.90 Å². The second kappa shape index (κ2) is 8.86. The molecule has 2 aliphatic rings. The first-order chi connectivity index (χ1) is 14.4. The molecule has 0 bridgehead atoms. The zero-order chi connectivity index (χ0) is 21.3. The lowest BCUT2D eigenvalue weighted by atomic mass is 9.92. The minimum Gasteiger partial charge on any atom is -0.312 e. The van der Waals surface area contributed by atoms with Crippen LogP contribution in [0.15, 0.2) is 23.6 Å². The highest BCUT2D eigenvalue weighted by molar-refractivity contribution is 7.14. The van der Waals surface area contributed by atoms with Gasteiger partial charge in [-0.3, -0.25) is 19.8 Å². The number of nitrogens with zero attached hydrogens (tertiary/aromatic N) is 3. The molecule has 6 nitrogen and oxygen atoms in total. The third kappa shape index (κ3) is 4.57. The molecule has 3 heterocycles. The maximum Gasteiger partial charge on any atom is 0.257 e. The second-order valence-electron chi connectivity index (χ2n) is 8.73. The third-order valence-electron chi connectivity index (χ3n) is 5.94. The highest BCUT2D eigenvalue weighted by atomic mass is 32.1. The predicted octanol–water partition coefficient (Wildman–Crippen LogP) is 4.17. The summed E-state index contributed by atoms with van der Waals surface area (Å²) in [4.78, 5) is 33.7. The van der Waals surface area contributed by atoms with E-state index in [9.17, 15) is 9.59 Å². The monoisotopic (exact) mass is 426 g/mol. The van der Waals surface area contributed by atoms with Crippen LogP contribution in [0.4, 0.5) is 10.8 Å². The minimum atomic E-state index is -0.154. The molecule has 0 saturated carbocycles. The molecule has 160 valence electrons. The van der Waals surface area contributed by atoms with Crippen molar-refractivity contribution in [2.45, 2.75) is 46.6 Å². The fraction of sp³-hybridized carbons (Fsp3) is 0.522. The quantitative estimate of drug-likeness (QED) is 0.779. The van der Waals surface area contributed by atoms with Gasteiger partial charge in [0.05, 0.1) is 5.69 Å². The molecule has 2 aromatic rings. The number of hydrogen-bond donors (Lipinski definition) is 1. The molecule has 1 saturated heterocycles. The van der Waals surface area contributed by atoms with Crippen molar-refractivity contribution in [2.75, 3.05) is 29.9 Å². The Hall–Kier alpha value is -2.25. The van der Waals surface area contributed by atoms with Gasteiger partial charge in [-0.1, -0.05) is 20.8 Å². The maximum absolute atomic E-state index is 12.7. The van der Waals surface area contributed by atoms with Gasteiger partial charge in [0.25, 0.3) is 5.91 Å². The molecule has 4 rings (SSSR count). The van der Waals surface area contributed by atoms with Crippen LogP contribution in [0.5, 0.6) is 0 Å². The van der Waals surface area contributed by atoms with E-state index in [1.54, 1.807) is 6.07 Å². The van der Waals surface area contributed by atoms with Crippen LogP contribution in [-0.4, -0.2) is 41.3 Å². The van der Waals surface area contributed by atoms with Gasteiger partial charge in [-0.15, -0.1) is 11.3 Å². The first-order valence-electron chi connectivity index (χ1n) is 10.8. The number of aromatic nitrogens is 1. The molecule has 2 aliphatic heterocycles. The van der Waals surface area contributed by atoms with Crippen molar-refractivity contribution in [3.8, 4) is 0 Å². The zero-order valence-corrected chi connectivity index (χ0v) is 18.8. The van der Waals surface area contributed by atoms with Gasteiger partial charge in [-0.05, 0) is 48.4 Å². The van der Waals surface area contributed by atoms with Gasteiger partial charge in [0.1, 0.15) is 0 Å². The van der Waals surface area contributed by atoms with E-state index in [-0.39, 0.29) is 11.8 Å². The summed E-state index contributed by atoms with van der Waals surface area (Å²) in [5.41, 5.74) is 3.60. The van der Waals surface area contributed by atoms with Crippen molar-refractivity contribution in [2.24, 2.45) is 11.8 Å². The number of rotatable bonds is 5. The van der Waals surface area contributed by atoms with Crippen molar-refractivity contribution in [3.63, 3.8) is 0 Å². The Balaban J connectivity index is 1.39. The number of piperidine rings is 1. The Morgan fingerprint density at radius 1 is 1.23 bits per heavy atom. The summed E-state index contributed by atoms with van der Waals surface area (Å²) in [5, 5.41) is 5.61. The predicted molar refractivity (Wildman–Crippen MR) is 121 cm³/mol. The topological polar surface area (TPSA) is 65.5 Å². The van der Waals surface area contributed by atoms with E-state index >= 15 is 0 Å². The number of anilines is 2. The van der Waals surface area contributed by atoms with E-state index in [0.717, 1.165) is 54.8 Å². The van der Waals surface area contributed by atoms with Gasteiger partial charge in [0, 0.05) is 49.2 Å². The summed E-state index contributed by atoms with van der Waals surface area (Å²) in [6.45, 7) is 10.2. The van der Waals surface area contributed by atoms with Crippen molar-refractivity contribution >= 4 is 34.0 Å². The number of carbonyl (C=O) groups is 2. The highest BCUT2D eigenvalue weighted by Gasteiger charge is 2.25. The smallest absolute Gasteiger partial charge is 0.257 e. The number of thiazole rings is 1. The summed E-state index contributed by atoms with van der Waals surface area (Å²) < 4.78 is 0. The van der Waals surface area contributed by atoms with Crippen molar-refractivity contribution < 1.29 is 9.59 Å². The van der Waals surface area contributed by atoms with Crippen LogP contribution in [0.25, 0.3) is 0 Å². The van der Waals surface area contributed by atoms with E-state index in [1.165, 1.54) is 17.8 Å². The van der Waals surface area contributed by atoms with E-state index < -0.39 is 0 Å². The van der Waals surface area contributed by atoms with Crippen LogP contribution in [0.1, 0.15) is 55.2 Å². The zero-order valence-electron chi connectivity index (χ0n) is 18.0. The molecular formula is C23H30N4O2S. The lowest BCUT2D eigenvalue weighted by molar-refractivity contribution is -0.118. The Labute approximate surface area is 182 Å². The number of nitrogens with one attached hydrogen (secondary N) is 1. The van der Waals surface area contributed by atoms with E-state index in [1.807, 2.05) is 29.3 Å². The SMILES string of the molecule is CCC(=O)N1CCc2cc(C(=O)Nc3nc(CN4CC(C)CC(C)C4)cs3)ccc21. The molecule has 0 spiro atoms. The molecule has 30 heavy (non-hydrogen) atoms. The first-order valence-corrected chi connectivity index (χ1v) is 11.7. The van der Waals surface area contributed by atoms with Gasteiger partial charge in [-0.2, -0.15) is 0 Å². The summed E-state index contributed by atoms with van der Waals surface area (Å²) in [5.74, 6) is 1.41. The summed E-state index contributed by atoms with van der Waals surface area (Å²) in [6, 6.07) is 5.58. The number of hydrogen-bond acceptors (Lipinski definition) is 5. The molecule has 1 fully saturated rings. The molecule has 2 unspecified atom stereocenters. The molecule has 1 aromatic heterocycles. The number of likely N-dealkylation sites (tertiary alicyclic amines) is 1. The van der Waals surface area contributed by atoms with Gasteiger partial charge in [-0.25, -0.2) is 4.98 Å². The lowest BCUT2D eigenvalue weighted by Crippen LogP contribution is -2.38. The summed E-state index contributed by atoms with van der Waals surface area (Å²) in [7, 11) is 0. The molecule has 2 amide bonds. The average Bonchev–Trinajstić information content (AvgIpc) is 3.32. The molecule has 7 heteroatoms. The molecule has 2 atom stereocenters. The highest BCUT2D eigenvalue weighted by Crippen LogP contribution is 2.30. The molecular weight excluding hydrogens is 396 g/mol. The largest absolute Gasteiger partial charge is 0.312 e. The van der Waals surface area contributed by atoms with Crippen LogP contribution in [0.3, 0.4) is 0 Å². The van der Waals surface area contributed by atoms with Crippen LogP contribution in [0.2, 0.25) is 0 Å². The maximum atomic E-state index is 12.7. The number of carbonyl (C=O) groups excluding carboxylic acids is 2. The number of benzene rings is 1. The van der Waals surface area contributed by atoms with E-state index in [0.29, 0.717) is 23.7 Å². The Morgan fingerprint density at radius 3 is 2.73 bits per heavy atom. The van der Waals surface area contributed by atoms with Crippen LogP contribution in [-0.2, 0) is 17.8 Å². The first kappa shape index (κ1) is 21.0. The second-order valence-corrected chi connectivity index (χ2v) is 9.59. The van der Waals surface area contributed by atoms with Gasteiger partial charge in [0.15, 0.2) is 5.13 Å². The summed E-state index contributed by atoms with van der Waals surface area (Å²) >= 11 is 1.47. The van der Waals surface area contributed by atoms with Crippen LogP contribution >= 0.6 is 11.3 Å². The fourth-order valence-electron chi connectivity index (χ4n) is 4.75. The van der Waals surface area contributed by atoms with Crippen molar-refractivity contribution in [3.05, 3.63) is 40.4 Å². The molecule has 1 N–H and O–H groups in total. The molecule has 0 aliphatic carbocycles. The third-order valence-corrected chi connectivity index (χ3v) is 6.75. The number of fused-ring (bicyclic) bond motifs is 1. The fourth-order valence-corrected chi connectivity index (χ4v) is 5.45. The van der Waals surface area contributed by atoms with E-state index in [2.05, 4.69) is 29.0 Å². The minimum absolute atomic E-state index is 0.124. The van der Waals surface area contributed by atoms with Crippen LogP contribution < -0.4 is 10.2 Å². The average molecular weight is 427 g/mol. The Morgan fingerprint density at radius 2 is 2.00 bits per heavy atom. The normalized spacial score (nSPS) is 21.5. The number of amides is 2. The van der Waals surface area contributed by atoms with Crippen molar-refractivity contribution in [1.82, 2.24) is 9.88 Å². The summed E-state index contributed by atoms with van der Waals surface area (Å²) in [6.07, 6.45) is 2.57. The van der Waals surface area contributed by atoms with Gasteiger partial charge >= 0.3 is 0 Å².